The molecule has 0 aromatic heterocycles. The predicted molar refractivity (Wildman–Crippen MR) is 63.5 cm³/mol. The second-order valence-corrected chi connectivity index (χ2v) is 4.13. The highest BCUT2D eigenvalue weighted by atomic mass is 16.5. The first-order valence-electron chi connectivity index (χ1n) is 5.98. The SMILES string of the molecule is CCOC(=O)C[C@@H](NC(=O)[C@@H]1CCC(=O)N1)C(N)=O. The highest BCUT2D eigenvalue weighted by molar-refractivity contribution is 5.94. The summed E-state index contributed by atoms with van der Waals surface area (Å²) >= 11 is 0. The number of nitrogens with one attached hydrogen (secondary N) is 2. The van der Waals surface area contributed by atoms with Gasteiger partial charge in [-0.3, -0.25) is 19.2 Å². The van der Waals surface area contributed by atoms with Crippen LogP contribution in [-0.2, 0) is 23.9 Å². The Hall–Kier alpha value is -2.12. The molecule has 1 heterocycles. The minimum absolute atomic E-state index is 0.178. The maximum absolute atomic E-state index is 11.8. The Morgan fingerprint density at radius 2 is 2.21 bits per heavy atom. The molecule has 0 unspecified atom stereocenters. The van der Waals surface area contributed by atoms with Crippen molar-refractivity contribution in [3.63, 3.8) is 0 Å². The van der Waals surface area contributed by atoms with Gasteiger partial charge in [0.25, 0.3) is 0 Å². The van der Waals surface area contributed by atoms with Gasteiger partial charge in [0, 0.05) is 6.42 Å². The van der Waals surface area contributed by atoms with E-state index in [0.717, 1.165) is 0 Å². The summed E-state index contributed by atoms with van der Waals surface area (Å²) < 4.78 is 4.68. The second kappa shape index (κ2) is 6.72. The van der Waals surface area contributed by atoms with Crippen LogP contribution in [0.3, 0.4) is 0 Å². The lowest BCUT2D eigenvalue weighted by Gasteiger charge is -2.17. The Morgan fingerprint density at radius 1 is 1.53 bits per heavy atom. The molecule has 4 N–H and O–H groups in total. The summed E-state index contributed by atoms with van der Waals surface area (Å²) in [5, 5.41) is 4.80. The Kier molecular flexibility index (Phi) is 5.28. The van der Waals surface area contributed by atoms with Gasteiger partial charge < -0.3 is 21.1 Å². The maximum atomic E-state index is 11.8. The average molecular weight is 271 g/mol. The first-order chi connectivity index (χ1) is 8.93. The third kappa shape index (κ3) is 4.57. The van der Waals surface area contributed by atoms with Crippen LogP contribution in [0.5, 0.6) is 0 Å². The van der Waals surface area contributed by atoms with Gasteiger partial charge in [0.2, 0.25) is 17.7 Å². The second-order valence-electron chi connectivity index (χ2n) is 4.13. The van der Waals surface area contributed by atoms with Gasteiger partial charge in [0.1, 0.15) is 12.1 Å². The standard InChI is InChI=1S/C11H17N3O5/c1-2-19-9(16)5-7(10(12)17)14-11(18)6-3-4-8(15)13-6/h6-7H,2-5H2,1H3,(H2,12,17)(H,13,15)(H,14,18)/t6-,7+/m0/s1. The zero-order valence-electron chi connectivity index (χ0n) is 10.6. The molecule has 106 valence electrons. The quantitative estimate of drug-likeness (QED) is 0.490. The molecule has 1 rings (SSSR count). The summed E-state index contributed by atoms with van der Waals surface area (Å²) in [7, 11) is 0. The van der Waals surface area contributed by atoms with Gasteiger partial charge >= 0.3 is 5.97 Å². The first kappa shape index (κ1) is 14.9. The summed E-state index contributed by atoms with van der Waals surface area (Å²) in [5.41, 5.74) is 5.11. The van der Waals surface area contributed by atoms with Crippen LogP contribution in [0, 0.1) is 0 Å². The first-order valence-corrected chi connectivity index (χ1v) is 5.98. The third-order valence-corrected chi connectivity index (χ3v) is 2.65. The molecule has 3 amide bonds. The highest BCUT2D eigenvalue weighted by Crippen LogP contribution is 2.07. The molecular formula is C11H17N3O5. The van der Waals surface area contributed by atoms with E-state index in [4.69, 9.17) is 5.73 Å². The van der Waals surface area contributed by atoms with E-state index in [1.165, 1.54) is 0 Å². The topological polar surface area (TPSA) is 128 Å². The molecule has 0 aromatic carbocycles. The van der Waals surface area contributed by atoms with Gasteiger partial charge in [-0.2, -0.15) is 0 Å². The van der Waals surface area contributed by atoms with Crippen LogP contribution < -0.4 is 16.4 Å². The molecule has 1 fully saturated rings. The molecule has 1 aliphatic heterocycles. The predicted octanol–water partition coefficient (Wildman–Crippen LogP) is -1.81. The summed E-state index contributed by atoms with van der Waals surface area (Å²) in [6.07, 6.45) is 0.294. The van der Waals surface area contributed by atoms with E-state index in [0.29, 0.717) is 6.42 Å². The Labute approximate surface area is 110 Å². The Bertz CT molecular complexity index is 396. The van der Waals surface area contributed by atoms with Crippen molar-refractivity contribution in [3.8, 4) is 0 Å². The number of ether oxygens (including phenoxy) is 1. The largest absolute Gasteiger partial charge is 0.466 e. The minimum Gasteiger partial charge on any atom is -0.466 e. The van der Waals surface area contributed by atoms with Crippen molar-refractivity contribution in [2.24, 2.45) is 5.73 Å². The molecule has 1 aliphatic rings. The van der Waals surface area contributed by atoms with Gasteiger partial charge in [-0.05, 0) is 13.3 Å². The van der Waals surface area contributed by atoms with Gasteiger partial charge in [0.15, 0.2) is 0 Å². The molecule has 0 radical (unpaired) electrons. The van der Waals surface area contributed by atoms with Crippen molar-refractivity contribution in [2.45, 2.75) is 38.3 Å². The third-order valence-electron chi connectivity index (χ3n) is 2.65. The number of hydrogen-bond donors (Lipinski definition) is 3. The van der Waals surface area contributed by atoms with Crippen molar-refractivity contribution < 1.29 is 23.9 Å². The van der Waals surface area contributed by atoms with E-state index in [2.05, 4.69) is 15.4 Å². The summed E-state index contributed by atoms with van der Waals surface area (Å²) in [6, 6.07) is -1.82. The minimum atomic E-state index is -1.14. The fraction of sp³-hybridized carbons (Fsp3) is 0.636. The van der Waals surface area contributed by atoms with Crippen molar-refractivity contribution in [2.75, 3.05) is 6.61 Å². The summed E-state index contributed by atoms with van der Waals surface area (Å²) in [6.45, 7) is 1.81. The van der Waals surface area contributed by atoms with E-state index in [-0.39, 0.29) is 25.4 Å². The lowest BCUT2D eigenvalue weighted by Crippen LogP contribution is -2.51. The molecule has 0 aliphatic carbocycles. The van der Waals surface area contributed by atoms with Crippen molar-refractivity contribution in [1.29, 1.82) is 0 Å². The fourth-order valence-electron chi connectivity index (χ4n) is 1.69. The van der Waals surface area contributed by atoms with E-state index in [1.54, 1.807) is 6.92 Å². The number of amides is 3. The van der Waals surface area contributed by atoms with Crippen LogP contribution in [0.4, 0.5) is 0 Å². The van der Waals surface area contributed by atoms with Crippen LogP contribution >= 0.6 is 0 Å². The molecule has 2 atom stereocenters. The Morgan fingerprint density at radius 3 is 2.68 bits per heavy atom. The molecule has 0 aromatic rings. The Balaban J connectivity index is 2.53. The fourth-order valence-corrected chi connectivity index (χ4v) is 1.69. The summed E-state index contributed by atoms with van der Waals surface area (Å²) in [5.74, 6) is -2.20. The van der Waals surface area contributed by atoms with Crippen LogP contribution in [0.25, 0.3) is 0 Å². The number of nitrogens with two attached hydrogens (primary N) is 1. The van der Waals surface area contributed by atoms with Crippen molar-refractivity contribution in [3.05, 3.63) is 0 Å². The van der Waals surface area contributed by atoms with Gasteiger partial charge in [-0.25, -0.2) is 0 Å². The molecule has 0 bridgehead atoms. The normalized spacial score (nSPS) is 19.4. The number of carbonyl (C=O) groups is 4. The number of primary amides is 1. The molecule has 8 heteroatoms. The van der Waals surface area contributed by atoms with Crippen LogP contribution in [-0.4, -0.2) is 42.4 Å². The van der Waals surface area contributed by atoms with Gasteiger partial charge in [-0.15, -0.1) is 0 Å². The lowest BCUT2D eigenvalue weighted by molar-refractivity contribution is -0.145. The zero-order chi connectivity index (χ0) is 14.4. The van der Waals surface area contributed by atoms with Crippen LogP contribution in [0.1, 0.15) is 26.2 Å². The van der Waals surface area contributed by atoms with E-state index < -0.39 is 29.9 Å². The molecule has 19 heavy (non-hydrogen) atoms. The molecular weight excluding hydrogens is 254 g/mol. The lowest BCUT2D eigenvalue weighted by atomic mass is 10.1. The number of hydrogen-bond acceptors (Lipinski definition) is 5. The zero-order valence-corrected chi connectivity index (χ0v) is 10.6. The van der Waals surface area contributed by atoms with Crippen LogP contribution in [0.15, 0.2) is 0 Å². The average Bonchev–Trinajstić information content (AvgIpc) is 2.75. The van der Waals surface area contributed by atoms with Crippen LogP contribution in [0.2, 0.25) is 0 Å². The monoisotopic (exact) mass is 271 g/mol. The van der Waals surface area contributed by atoms with E-state index in [9.17, 15) is 19.2 Å². The van der Waals surface area contributed by atoms with E-state index >= 15 is 0 Å². The molecule has 0 spiro atoms. The molecule has 8 nitrogen and oxygen atoms in total. The molecule has 1 saturated heterocycles. The summed E-state index contributed by atoms with van der Waals surface area (Å²) in [4.78, 5) is 45.2. The number of rotatable bonds is 6. The maximum Gasteiger partial charge on any atom is 0.308 e. The smallest absolute Gasteiger partial charge is 0.308 e. The van der Waals surface area contributed by atoms with Gasteiger partial charge in [-0.1, -0.05) is 0 Å². The molecule has 0 saturated carbocycles. The number of esters is 1. The number of carbonyl (C=O) groups excluding carboxylic acids is 4. The van der Waals surface area contributed by atoms with Crippen molar-refractivity contribution >= 4 is 23.7 Å². The highest BCUT2D eigenvalue weighted by Gasteiger charge is 2.30. The van der Waals surface area contributed by atoms with Crippen molar-refractivity contribution in [1.82, 2.24) is 10.6 Å². The van der Waals surface area contributed by atoms with Gasteiger partial charge in [0.05, 0.1) is 13.0 Å². The van der Waals surface area contributed by atoms with E-state index in [1.807, 2.05) is 0 Å².